The van der Waals surface area contributed by atoms with Gasteiger partial charge < -0.3 is 14.8 Å². The van der Waals surface area contributed by atoms with E-state index in [0.29, 0.717) is 6.61 Å². The van der Waals surface area contributed by atoms with Gasteiger partial charge in [-0.15, -0.1) is 0 Å². The second kappa shape index (κ2) is 8.03. The van der Waals surface area contributed by atoms with Crippen molar-refractivity contribution in [1.29, 1.82) is 0 Å². The fourth-order valence-electron chi connectivity index (χ4n) is 2.80. The van der Waals surface area contributed by atoms with Gasteiger partial charge in [0.05, 0.1) is 7.11 Å². The molecule has 142 valence electrons. The predicted molar refractivity (Wildman–Crippen MR) is 111 cm³/mol. The van der Waals surface area contributed by atoms with Crippen molar-refractivity contribution in [2.45, 2.75) is 52.4 Å². The SMILES string of the molecule is COc1cccc(NCCOc2ccc(C(C)(C)C)cc2C(C)(C)C)c1. The lowest BCUT2D eigenvalue weighted by molar-refractivity contribution is 0.322. The minimum absolute atomic E-state index is 0.0385. The number of benzene rings is 2. The number of hydrogen-bond donors (Lipinski definition) is 1. The summed E-state index contributed by atoms with van der Waals surface area (Å²) in [6.07, 6.45) is 0. The highest BCUT2D eigenvalue weighted by Gasteiger charge is 2.23. The van der Waals surface area contributed by atoms with Crippen molar-refractivity contribution in [1.82, 2.24) is 0 Å². The molecule has 26 heavy (non-hydrogen) atoms. The molecule has 0 radical (unpaired) electrons. The molecule has 0 aromatic heterocycles. The lowest BCUT2D eigenvalue weighted by Gasteiger charge is -2.27. The fourth-order valence-corrected chi connectivity index (χ4v) is 2.80. The number of methoxy groups -OCH3 is 1. The first kappa shape index (κ1) is 20.2. The zero-order valence-corrected chi connectivity index (χ0v) is 17.3. The Morgan fingerprint density at radius 2 is 1.62 bits per heavy atom. The van der Waals surface area contributed by atoms with Crippen LogP contribution < -0.4 is 14.8 Å². The number of nitrogens with one attached hydrogen (secondary N) is 1. The molecule has 0 aliphatic heterocycles. The molecular formula is C23H33NO2. The summed E-state index contributed by atoms with van der Waals surface area (Å²) in [5.41, 5.74) is 3.80. The monoisotopic (exact) mass is 355 g/mol. The predicted octanol–water partition coefficient (Wildman–Crippen LogP) is 5.78. The van der Waals surface area contributed by atoms with Crippen LogP contribution in [0.4, 0.5) is 5.69 Å². The van der Waals surface area contributed by atoms with E-state index >= 15 is 0 Å². The van der Waals surface area contributed by atoms with Crippen molar-refractivity contribution in [2.24, 2.45) is 0 Å². The Hall–Kier alpha value is -2.16. The summed E-state index contributed by atoms with van der Waals surface area (Å²) in [5, 5.41) is 3.38. The van der Waals surface area contributed by atoms with E-state index in [0.717, 1.165) is 23.7 Å². The van der Waals surface area contributed by atoms with E-state index < -0.39 is 0 Å². The van der Waals surface area contributed by atoms with Gasteiger partial charge in [0.25, 0.3) is 0 Å². The van der Waals surface area contributed by atoms with E-state index in [1.807, 2.05) is 24.3 Å². The molecule has 3 nitrogen and oxygen atoms in total. The Morgan fingerprint density at radius 3 is 2.23 bits per heavy atom. The molecule has 1 N–H and O–H groups in total. The maximum absolute atomic E-state index is 6.12. The topological polar surface area (TPSA) is 30.5 Å². The van der Waals surface area contributed by atoms with Gasteiger partial charge in [-0.2, -0.15) is 0 Å². The molecule has 0 spiro atoms. The lowest BCUT2D eigenvalue weighted by Crippen LogP contribution is -2.19. The third-order valence-corrected chi connectivity index (χ3v) is 4.41. The van der Waals surface area contributed by atoms with Gasteiger partial charge in [0.15, 0.2) is 0 Å². The smallest absolute Gasteiger partial charge is 0.123 e. The second-order valence-corrected chi connectivity index (χ2v) is 8.72. The summed E-state index contributed by atoms with van der Waals surface area (Å²) < 4.78 is 11.4. The lowest BCUT2D eigenvalue weighted by atomic mass is 9.80. The van der Waals surface area contributed by atoms with Gasteiger partial charge in [0.1, 0.15) is 18.1 Å². The quantitative estimate of drug-likeness (QED) is 0.666. The Balaban J connectivity index is 2.04. The van der Waals surface area contributed by atoms with E-state index in [1.165, 1.54) is 11.1 Å². The maximum Gasteiger partial charge on any atom is 0.123 e. The minimum atomic E-state index is 0.0385. The van der Waals surface area contributed by atoms with Gasteiger partial charge in [-0.3, -0.25) is 0 Å². The van der Waals surface area contributed by atoms with Crippen molar-refractivity contribution in [3.63, 3.8) is 0 Å². The first-order chi connectivity index (χ1) is 12.1. The van der Waals surface area contributed by atoms with Crippen molar-refractivity contribution < 1.29 is 9.47 Å². The minimum Gasteiger partial charge on any atom is -0.497 e. The Kier molecular flexibility index (Phi) is 6.22. The summed E-state index contributed by atoms with van der Waals surface area (Å²) in [4.78, 5) is 0. The zero-order chi connectivity index (χ0) is 19.4. The van der Waals surface area contributed by atoms with E-state index in [1.54, 1.807) is 7.11 Å². The van der Waals surface area contributed by atoms with Gasteiger partial charge in [-0.05, 0) is 40.2 Å². The third kappa shape index (κ3) is 5.42. The van der Waals surface area contributed by atoms with Crippen LogP contribution in [-0.2, 0) is 10.8 Å². The summed E-state index contributed by atoms with van der Waals surface area (Å²) in [6.45, 7) is 14.8. The van der Waals surface area contributed by atoms with Crippen LogP contribution in [0.25, 0.3) is 0 Å². The normalized spacial score (nSPS) is 12.0. The van der Waals surface area contributed by atoms with Crippen molar-refractivity contribution >= 4 is 5.69 Å². The Bertz CT molecular complexity index is 724. The van der Waals surface area contributed by atoms with Gasteiger partial charge in [-0.25, -0.2) is 0 Å². The molecule has 0 saturated carbocycles. The summed E-state index contributed by atoms with van der Waals surface area (Å²) in [5.74, 6) is 1.82. The molecule has 2 aromatic rings. The molecule has 0 unspecified atom stereocenters. The molecule has 0 aliphatic carbocycles. The molecule has 0 amide bonds. The van der Waals surface area contributed by atoms with Crippen molar-refractivity contribution in [3.8, 4) is 11.5 Å². The van der Waals surface area contributed by atoms with Crippen molar-refractivity contribution in [3.05, 3.63) is 53.6 Å². The zero-order valence-electron chi connectivity index (χ0n) is 17.3. The highest BCUT2D eigenvalue weighted by atomic mass is 16.5. The molecule has 2 rings (SSSR count). The Labute approximate surface area is 158 Å². The molecule has 0 bridgehead atoms. The third-order valence-electron chi connectivity index (χ3n) is 4.41. The molecule has 0 heterocycles. The number of anilines is 1. The molecule has 0 fully saturated rings. The van der Waals surface area contributed by atoms with Gasteiger partial charge in [0.2, 0.25) is 0 Å². The molecule has 2 aromatic carbocycles. The second-order valence-electron chi connectivity index (χ2n) is 8.72. The largest absolute Gasteiger partial charge is 0.497 e. The summed E-state index contributed by atoms with van der Waals surface area (Å²) in [7, 11) is 1.68. The van der Waals surface area contributed by atoms with Crippen LogP contribution in [0.15, 0.2) is 42.5 Å². The van der Waals surface area contributed by atoms with Crippen LogP contribution >= 0.6 is 0 Å². The molecule has 0 aliphatic rings. The first-order valence-electron chi connectivity index (χ1n) is 9.27. The van der Waals surface area contributed by atoms with Gasteiger partial charge in [-0.1, -0.05) is 59.7 Å². The highest BCUT2D eigenvalue weighted by molar-refractivity contribution is 5.48. The summed E-state index contributed by atoms with van der Waals surface area (Å²) in [6, 6.07) is 14.5. The Morgan fingerprint density at radius 1 is 0.885 bits per heavy atom. The summed E-state index contributed by atoms with van der Waals surface area (Å²) >= 11 is 0. The number of ether oxygens (including phenoxy) is 2. The number of rotatable bonds is 6. The van der Waals surface area contributed by atoms with Crippen LogP contribution in [0, 0.1) is 0 Å². The van der Waals surface area contributed by atoms with E-state index in [2.05, 4.69) is 65.1 Å². The first-order valence-corrected chi connectivity index (χ1v) is 9.27. The average molecular weight is 356 g/mol. The maximum atomic E-state index is 6.12. The van der Waals surface area contributed by atoms with Crippen LogP contribution in [0.2, 0.25) is 0 Å². The average Bonchev–Trinajstić information content (AvgIpc) is 2.57. The van der Waals surface area contributed by atoms with Crippen LogP contribution in [0.3, 0.4) is 0 Å². The highest BCUT2D eigenvalue weighted by Crippen LogP contribution is 2.35. The van der Waals surface area contributed by atoms with Gasteiger partial charge in [0, 0.05) is 18.3 Å². The van der Waals surface area contributed by atoms with Crippen LogP contribution in [0.5, 0.6) is 11.5 Å². The molecular weight excluding hydrogens is 322 g/mol. The van der Waals surface area contributed by atoms with E-state index in [9.17, 15) is 0 Å². The molecule has 0 saturated heterocycles. The number of hydrogen-bond acceptors (Lipinski definition) is 3. The fraction of sp³-hybridized carbons (Fsp3) is 0.478. The van der Waals surface area contributed by atoms with Gasteiger partial charge >= 0.3 is 0 Å². The molecule has 0 atom stereocenters. The standard InChI is InChI=1S/C23H33NO2/c1-22(2,3)17-11-12-21(20(15-17)23(4,5)6)26-14-13-24-18-9-8-10-19(16-18)25-7/h8-12,15-16,24H,13-14H2,1-7H3. The van der Waals surface area contributed by atoms with Crippen molar-refractivity contribution in [2.75, 3.05) is 25.6 Å². The van der Waals surface area contributed by atoms with Crippen LogP contribution in [-0.4, -0.2) is 20.3 Å². The van der Waals surface area contributed by atoms with E-state index in [4.69, 9.17) is 9.47 Å². The molecule has 3 heteroatoms. The van der Waals surface area contributed by atoms with E-state index in [-0.39, 0.29) is 10.8 Å². The van der Waals surface area contributed by atoms with Crippen LogP contribution in [0.1, 0.15) is 52.7 Å².